The lowest BCUT2D eigenvalue weighted by Gasteiger charge is -2.38. The molecule has 0 spiro atoms. The summed E-state index contributed by atoms with van der Waals surface area (Å²) in [5, 5.41) is 0. The highest BCUT2D eigenvalue weighted by atomic mass is 32.2. The summed E-state index contributed by atoms with van der Waals surface area (Å²) < 4.78 is 0. The molecular weight excluding hydrogens is 208 g/mol. The number of carbonyl (C=O) groups excluding carboxylic acids is 1. The third kappa shape index (κ3) is 3.11. The molecule has 1 heterocycles. The SMILES string of the molecule is CCCC(C)(N)C(=O)N1CCSCC1C. The van der Waals surface area contributed by atoms with Gasteiger partial charge in [-0.25, -0.2) is 0 Å². The van der Waals surface area contributed by atoms with Crippen LogP contribution in [0, 0.1) is 0 Å². The number of carbonyl (C=O) groups is 1. The third-order valence-electron chi connectivity index (χ3n) is 2.89. The summed E-state index contributed by atoms with van der Waals surface area (Å²) in [6.45, 7) is 6.87. The van der Waals surface area contributed by atoms with E-state index in [4.69, 9.17) is 5.73 Å². The van der Waals surface area contributed by atoms with Crippen molar-refractivity contribution in [3.63, 3.8) is 0 Å². The lowest BCUT2D eigenvalue weighted by Crippen LogP contribution is -2.57. The molecule has 0 bridgehead atoms. The van der Waals surface area contributed by atoms with Gasteiger partial charge < -0.3 is 10.6 Å². The zero-order valence-electron chi connectivity index (χ0n) is 9.95. The lowest BCUT2D eigenvalue weighted by atomic mass is 9.95. The van der Waals surface area contributed by atoms with Crippen LogP contribution in [-0.4, -0.2) is 40.4 Å². The van der Waals surface area contributed by atoms with E-state index in [1.165, 1.54) is 0 Å². The first kappa shape index (κ1) is 12.8. The molecule has 15 heavy (non-hydrogen) atoms. The van der Waals surface area contributed by atoms with E-state index in [1.54, 1.807) is 0 Å². The van der Waals surface area contributed by atoms with E-state index in [1.807, 2.05) is 23.6 Å². The molecule has 1 saturated heterocycles. The van der Waals surface area contributed by atoms with Crippen molar-refractivity contribution >= 4 is 17.7 Å². The van der Waals surface area contributed by atoms with Crippen LogP contribution >= 0.6 is 11.8 Å². The fourth-order valence-electron chi connectivity index (χ4n) is 1.98. The highest BCUT2D eigenvalue weighted by Gasteiger charge is 2.34. The normalized spacial score (nSPS) is 26.1. The van der Waals surface area contributed by atoms with E-state index in [9.17, 15) is 4.79 Å². The fraction of sp³-hybridized carbons (Fsp3) is 0.909. The maximum atomic E-state index is 12.2. The van der Waals surface area contributed by atoms with Crippen LogP contribution in [-0.2, 0) is 4.79 Å². The summed E-state index contributed by atoms with van der Waals surface area (Å²) >= 11 is 1.91. The molecule has 3 nitrogen and oxygen atoms in total. The Morgan fingerprint density at radius 3 is 2.87 bits per heavy atom. The van der Waals surface area contributed by atoms with Gasteiger partial charge in [0.25, 0.3) is 0 Å². The van der Waals surface area contributed by atoms with Crippen molar-refractivity contribution in [1.29, 1.82) is 0 Å². The third-order valence-corrected chi connectivity index (χ3v) is 4.08. The summed E-state index contributed by atoms with van der Waals surface area (Å²) in [5.41, 5.74) is 5.39. The van der Waals surface area contributed by atoms with Crippen molar-refractivity contribution in [3.8, 4) is 0 Å². The molecule has 88 valence electrons. The summed E-state index contributed by atoms with van der Waals surface area (Å²) in [6.07, 6.45) is 1.72. The van der Waals surface area contributed by atoms with Crippen LogP contribution in [0.4, 0.5) is 0 Å². The van der Waals surface area contributed by atoms with Crippen molar-refractivity contribution in [1.82, 2.24) is 4.90 Å². The summed E-state index contributed by atoms with van der Waals surface area (Å²) in [7, 11) is 0. The minimum absolute atomic E-state index is 0.122. The van der Waals surface area contributed by atoms with Crippen LogP contribution in [0.5, 0.6) is 0 Å². The molecule has 0 saturated carbocycles. The highest BCUT2D eigenvalue weighted by Crippen LogP contribution is 2.21. The van der Waals surface area contributed by atoms with Gasteiger partial charge in [0.15, 0.2) is 0 Å². The zero-order valence-corrected chi connectivity index (χ0v) is 10.8. The molecule has 1 amide bonds. The van der Waals surface area contributed by atoms with Gasteiger partial charge in [-0.2, -0.15) is 11.8 Å². The van der Waals surface area contributed by atoms with Crippen LogP contribution in [0.3, 0.4) is 0 Å². The molecule has 2 N–H and O–H groups in total. The second-order valence-electron chi connectivity index (χ2n) is 4.59. The predicted octanol–water partition coefficient (Wildman–Crippen LogP) is 1.47. The van der Waals surface area contributed by atoms with Crippen LogP contribution in [0.1, 0.15) is 33.6 Å². The van der Waals surface area contributed by atoms with Gasteiger partial charge >= 0.3 is 0 Å². The zero-order chi connectivity index (χ0) is 11.5. The molecule has 0 aliphatic carbocycles. The average Bonchev–Trinajstić information content (AvgIpc) is 2.17. The van der Waals surface area contributed by atoms with E-state index < -0.39 is 5.54 Å². The minimum atomic E-state index is -0.676. The molecule has 1 fully saturated rings. The number of nitrogens with two attached hydrogens (primary N) is 1. The Hall–Kier alpha value is -0.220. The monoisotopic (exact) mass is 230 g/mol. The number of nitrogens with zero attached hydrogens (tertiary/aromatic N) is 1. The van der Waals surface area contributed by atoms with Crippen LogP contribution in [0.2, 0.25) is 0 Å². The van der Waals surface area contributed by atoms with E-state index in [0.29, 0.717) is 6.04 Å². The number of rotatable bonds is 3. The molecule has 0 aromatic carbocycles. The second kappa shape index (κ2) is 5.21. The molecule has 1 aliphatic rings. The summed E-state index contributed by atoms with van der Waals surface area (Å²) in [5.74, 6) is 2.20. The predicted molar refractivity (Wildman–Crippen MR) is 66.0 cm³/mol. The summed E-state index contributed by atoms with van der Waals surface area (Å²) in [4.78, 5) is 14.2. The molecule has 1 rings (SSSR count). The number of amides is 1. The standard InChI is InChI=1S/C11H22N2OS/c1-4-5-11(3,12)10(14)13-6-7-15-8-9(13)2/h9H,4-8,12H2,1-3H3. The molecule has 2 atom stereocenters. The topological polar surface area (TPSA) is 46.3 Å². The number of hydrogen-bond acceptors (Lipinski definition) is 3. The van der Waals surface area contributed by atoms with Crippen LogP contribution in [0.15, 0.2) is 0 Å². The Morgan fingerprint density at radius 2 is 2.33 bits per heavy atom. The van der Waals surface area contributed by atoms with Crippen molar-refractivity contribution in [2.75, 3.05) is 18.1 Å². The van der Waals surface area contributed by atoms with Crippen molar-refractivity contribution in [2.45, 2.75) is 45.2 Å². The molecule has 0 aromatic rings. The maximum absolute atomic E-state index is 12.2. The number of hydrogen-bond donors (Lipinski definition) is 1. The lowest BCUT2D eigenvalue weighted by molar-refractivity contribution is -0.138. The van der Waals surface area contributed by atoms with Crippen LogP contribution < -0.4 is 5.73 Å². The van der Waals surface area contributed by atoms with Gasteiger partial charge in [-0.05, 0) is 20.3 Å². The van der Waals surface area contributed by atoms with Gasteiger partial charge in [-0.15, -0.1) is 0 Å². The first-order valence-corrected chi connectivity index (χ1v) is 6.82. The van der Waals surface area contributed by atoms with Gasteiger partial charge in [0, 0.05) is 24.1 Å². The van der Waals surface area contributed by atoms with Crippen molar-refractivity contribution in [2.24, 2.45) is 5.73 Å². The Morgan fingerprint density at radius 1 is 1.67 bits per heavy atom. The smallest absolute Gasteiger partial charge is 0.242 e. The fourth-order valence-corrected chi connectivity index (χ4v) is 3.00. The van der Waals surface area contributed by atoms with Gasteiger partial charge in [0.2, 0.25) is 5.91 Å². The first-order valence-electron chi connectivity index (χ1n) is 5.66. The second-order valence-corrected chi connectivity index (χ2v) is 5.74. The molecule has 1 aliphatic heterocycles. The molecule has 4 heteroatoms. The first-order chi connectivity index (χ1) is 6.99. The molecular formula is C11H22N2OS. The highest BCUT2D eigenvalue weighted by molar-refractivity contribution is 7.99. The Kier molecular flexibility index (Phi) is 4.46. The average molecular weight is 230 g/mol. The Labute approximate surface area is 96.8 Å². The Bertz CT molecular complexity index is 231. The number of thioether (sulfide) groups is 1. The van der Waals surface area contributed by atoms with Gasteiger partial charge in [0.05, 0.1) is 5.54 Å². The minimum Gasteiger partial charge on any atom is -0.337 e. The van der Waals surface area contributed by atoms with E-state index in [2.05, 4.69) is 13.8 Å². The van der Waals surface area contributed by atoms with E-state index in [-0.39, 0.29) is 5.91 Å². The van der Waals surface area contributed by atoms with Gasteiger partial charge in [-0.3, -0.25) is 4.79 Å². The molecule has 2 unspecified atom stereocenters. The van der Waals surface area contributed by atoms with Gasteiger partial charge in [0.1, 0.15) is 0 Å². The van der Waals surface area contributed by atoms with E-state index in [0.717, 1.165) is 30.9 Å². The molecule has 0 radical (unpaired) electrons. The van der Waals surface area contributed by atoms with Crippen LogP contribution in [0.25, 0.3) is 0 Å². The maximum Gasteiger partial charge on any atom is 0.242 e. The van der Waals surface area contributed by atoms with Gasteiger partial charge in [-0.1, -0.05) is 13.3 Å². The summed E-state index contributed by atoms with van der Waals surface area (Å²) in [6, 6.07) is 0.330. The Balaban J connectivity index is 2.65. The largest absolute Gasteiger partial charge is 0.337 e. The van der Waals surface area contributed by atoms with E-state index >= 15 is 0 Å². The van der Waals surface area contributed by atoms with Crippen molar-refractivity contribution < 1.29 is 4.79 Å². The molecule has 0 aromatic heterocycles. The van der Waals surface area contributed by atoms with Crippen molar-refractivity contribution in [3.05, 3.63) is 0 Å². The quantitative estimate of drug-likeness (QED) is 0.798.